The third kappa shape index (κ3) is 7.58. The third-order valence-electron chi connectivity index (χ3n) is 2.43. The van der Waals surface area contributed by atoms with Crippen molar-refractivity contribution in [1.82, 2.24) is 0 Å². The predicted octanol–water partition coefficient (Wildman–Crippen LogP) is 3.51. The van der Waals surface area contributed by atoms with E-state index in [0.717, 1.165) is 44.8 Å². The third-order valence-corrected chi connectivity index (χ3v) is 6.87. The Morgan fingerprint density at radius 3 is 2.60 bits per heavy atom. The minimum Gasteiger partial charge on any atom is -0.379 e. The molecule has 5 heteroatoms. The molecule has 1 atom stereocenters. The van der Waals surface area contributed by atoms with E-state index in [-0.39, 0.29) is 0 Å². The number of epoxide rings is 1. The Labute approximate surface area is 103 Å². The molecule has 0 bridgehead atoms. The second-order valence-electron chi connectivity index (χ2n) is 4.09. The largest absolute Gasteiger partial charge is 0.379 e. The molecule has 1 saturated heterocycles. The van der Waals surface area contributed by atoms with Crippen LogP contribution >= 0.6 is 22.2 Å². The molecule has 1 aliphatic heterocycles. The molecule has 90 valence electrons. The maximum atomic E-state index is 6.29. The average Bonchev–Trinajstić information content (AvgIpc) is 2.98. The summed E-state index contributed by atoms with van der Waals surface area (Å²) in [6.07, 6.45) is 3.66. The van der Waals surface area contributed by atoms with Crippen molar-refractivity contribution in [3.63, 3.8) is 0 Å². The summed E-state index contributed by atoms with van der Waals surface area (Å²) in [6, 6.07) is 1.96. The van der Waals surface area contributed by atoms with E-state index in [9.17, 15) is 0 Å². The highest BCUT2D eigenvalue weighted by Gasteiger charge is 2.27. The van der Waals surface area contributed by atoms with Gasteiger partial charge in [0.2, 0.25) is 0 Å². The van der Waals surface area contributed by atoms with Crippen LogP contribution in [-0.4, -0.2) is 32.6 Å². The van der Waals surface area contributed by atoms with E-state index in [0.29, 0.717) is 6.10 Å². The molecule has 1 unspecified atom stereocenters. The van der Waals surface area contributed by atoms with Gasteiger partial charge in [-0.05, 0) is 18.5 Å². The minimum absolute atomic E-state index is 0.360. The number of rotatable bonds is 9. The van der Waals surface area contributed by atoms with E-state index in [1.807, 2.05) is 0 Å². The summed E-state index contributed by atoms with van der Waals surface area (Å²) >= 11 is 12.6. The van der Waals surface area contributed by atoms with Crippen LogP contribution in [0.1, 0.15) is 26.2 Å². The first-order valence-electron chi connectivity index (χ1n) is 5.71. The highest BCUT2D eigenvalue weighted by molar-refractivity contribution is 7.45. The van der Waals surface area contributed by atoms with Crippen LogP contribution in [0.25, 0.3) is 0 Å². The van der Waals surface area contributed by atoms with E-state index >= 15 is 0 Å². The highest BCUT2D eigenvalue weighted by atomic mass is 35.7. The topological polar surface area (TPSA) is 21.8 Å². The molecule has 15 heavy (non-hydrogen) atoms. The second kappa shape index (κ2) is 7.12. The number of hydrogen-bond donors (Lipinski definition) is 0. The lowest BCUT2D eigenvalue weighted by molar-refractivity contribution is 0.117. The van der Waals surface area contributed by atoms with Gasteiger partial charge in [0, 0.05) is 6.61 Å². The van der Waals surface area contributed by atoms with Crippen molar-refractivity contribution in [2.75, 3.05) is 19.8 Å². The molecule has 0 aromatic heterocycles. The first-order chi connectivity index (χ1) is 7.14. The number of ether oxygens (including phenoxy) is 2. The molecule has 1 fully saturated rings. The lowest BCUT2D eigenvalue weighted by Gasteiger charge is -2.15. The van der Waals surface area contributed by atoms with Crippen molar-refractivity contribution in [1.29, 1.82) is 0 Å². The predicted molar refractivity (Wildman–Crippen MR) is 67.2 cm³/mol. The van der Waals surface area contributed by atoms with Crippen LogP contribution in [0, 0.1) is 0 Å². The number of halogens is 2. The molecule has 0 aromatic carbocycles. The summed E-state index contributed by atoms with van der Waals surface area (Å²) < 4.78 is 10.5. The van der Waals surface area contributed by atoms with Crippen LogP contribution in [0.2, 0.25) is 12.1 Å². The van der Waals surface area contributed by atoms with Gasteiger partial charge in [-0.2, -0.15) is 0 Å². The van der Waals surface area contributed by atoms with Gasteiger partial charge in [-0.15, -0.1) is 22.2 Å². The van der Waals surface area contributed by atoms with Crippen molar-refractivity contribution in [2.45, 2.75) is 44.4 Å². The zero-order valence-corrected chi connectivity index (χ0v) is 11.8. The lowest BCUT2D eigenvalue weighted by atomic mass is 10.4. The number of unbranched alkanes of at least 4 members (excludes halogenated alkanes) is 1. The van der Waals surface area contributed by atoms with E-state index in [1.54, 1.807) is 0 Å². The normalized spacial score (nSPS) is 20.6. The summed E-state index contributed by atoms with van der Waals surface area (Å²) in [5.74, 6) is 0. The van der Waals surface area contributed by atoms with Gasteiger partial charge >= 0.3 is 0 Å². The molecule has 2 nitrogen and oxygen atoms in total. The molecular weight excluding hydrogens is 251 g/mol. The Kier molecular flexibility index (Phi) is 6.54. The first-order valence-corrected chi connectivity index (χ1v) is 10.1. The van der Waals surface area contributed by atoms with Crippen molar-refractivity contribution in [3.05, 3.63) is 0 Å². The van der Waals surface area contributed by atoms with Gasteiger partial charge in [0.15, 0.2) is 0 Å². The fourth-order valence-electron chi connectivity index (χ4n) is 1.37. The number of hydrogen-bond acceptors (Lipinski definition) is 2. The summed E-state index contributed by atoms with van der Waals surface area (Å²) in [5.41, 5.74) is 0. The maximum Gasteiger partial charge on any atom is 0.251 e. The van der Waals surface area contributed by atoms with Gasteiger partial charge < -0.3 is 9.47 Å². The molecule has 0 aromatic rings. The van der Waals surface area contributed by atoms with Crippen LogP contribution in [0.3, 0.4) is 0 Å². The summed E-state index contributed by atoms with van der Waals surface area (Å²) in [7, 11) is 0. The monoisotopic (exact) mass is 270 g/mol. The maximum absolute atomic E-state index is 6.29. The van der Waals surface area contributed by atoms with E-state index < -0.39 is 6.69 Å². The minimum atomic E-state index is -1.95. The van der Waals surface area contributed by atoms with Crippen molar-refractivity contribution in [2.24, 2.45) is 0 Å². The Bertz CT molecular complexity index is 175. The second-order valence-corrected chi connectivity index (χ2v) is 11.7. The van der Waals surface area contributed by atoms with Gasteiger partial charge in [-0.25, -0.2) is 0 Å². The molecule has 0 spiro atoms. The molecule has 1 rings (SSSR count). The molecule has 0 amide bonds. The zero-order chi connectivity index (χ0) is 11.1. The Hall–Kier alpha value is 0.717. The fraction of sp³-hybridized carbons (Fsp3) is 1.00. The smallest absolute Gasteiger partial charge is 0.251 e. The van der Waals surface area contributed by atoms with Crippen LogP contribution < -0.4 is 0 Å². The fourth-order valence-corrected chi connectivity index (χ4v) is 4.76. The Morgan fingerprint density at radius 1 is 1.33 bits per heavy atom. The molecule has 1 aliphatic rings. The SMILES string of the molecule is CCCC[Si](Cl)(Cl)CCCOCC1CO1. The highest BCUT2D eigenvalue weighted by Crippen LogP contribution is 2.29. The molecule has 0 N–H and O–H groups in total. The Morgan fingerprint density at radius 2 is 2.00 bits per heavy atom. The molecule has 1 heterocycles. The Balaban J connectivity index is 1.91. The van der Waals surface area contributed by atoms with E-state index in [2.05, 4.69) is 6.92 Å². The zero-order valence-electron chi connectivity index (χ0n) is 9.31. The summed E-state index contributed by atoms with van der Waals surface area (Å²) in [4.78, 5) is 0. The van der Waals surface area contributed by atoms with Gasteiger partial charge in [-0.3, -0.25) is 0 Å². The van der Waals surface area contributed by atoms with Gasteiger partial charge in [0.1, 0.15) is 6.10 Å². The van der Waals surface area contributed by atoms with Gasteiger partial charge in [-0.1, -0.05) is 19.8 Å². The van der Waals surface area contributed by atoms with Gasteiger partial charge in [0.25, 0.3) is 6.69 Å². The average molecular weight is 271 g/mol. The van der Waals surface area contributed by atoms with Gasteiger partial charge in [0.05, 0.1) is 13.2 Å². The van der Waals surface area contributed by atoms with Crippen molar-refractivity contribution in [3.8, 4) is 0 Å². The van der Waals surface area contributed by atoms with Crippen molar-refractivity contribution >= 4 is 28.9 Å². The van der Waals surface area contributed by atoms with E-state index in [4.69, 9.17) is 31.6 Å². The first kappa shape index (κ1) is 13.8. The summed E-state index contributed by atoms with van der Waals surface area (Å²) in [6.45, 7) is 2.57. The molecule has 0 saturated carbocycles. The molecule has 0 aliphatic carbocycles. The van der Waals surface area contributed by atoms with Crippen molar-refractivity contribution < 1.29 is 9.47 Å². The lowest BCUT2D eigenvalue weighted by Crippen LogP contribution is -2.19. The molecular formula is C10H20Cl2O2Si. The molecule has 0 radical (unpaired) electrons. The van der Waals surface area contributed by atoms with Crippen LogP contribution in [-0.2, 0) is 9.47 Å². The van der Waals surface area contributed by atoms with Crippen LogP contribution in [0.15, 0.2) is 0 Å². The standard InChI is InChI=1S/C10H20Cl2O2Si/c1-2-3-6-15(11,12)7-4-5-13-8-10-9-14-10/h10H,2-9H2,1H3. The van der Waals surface area contributed by atoms with Crippen LogP contribution in [0.5, 0.6) is 0 Å². The quantitative estimate of drug-likeness (QED) is 0.277. The van der Waals surface area contributed by atoms with E-state index in [1.165, 1.54) is 6.42 Å². The van der Waals surface area contributed by atoms with Crippen LogP contribution in [0.4, 0.5) is 0 Å². The summed E-state index contributed by atoms with van der Waals surface area (Å²) in [5, 5.41) is 0.